The maximum absolute atomic E-state index is 2.23. The molecule has 0 fully saturated rings. The van der Waals surface area contributed by atoms with Crippen LogP contribution < -0.4 is 0 Å². The zero-order valence-corrected chi connectivity index (χ0v) is 14.1. The van der Waals surface area contributed by atoms with Crippen LogP contribution in [0, 0.1) is 0 Å². The van der Waals surface area contributed by atoms with Crippen molar-refractivity contribution in [2.75, 3.05) is 0 Å². The lowest BCUT2D eigenvalue weighted by molar-refractivity contribution is 0.702. The lowest BCUT2D eigenvalue weighted by Gasteiger charge is -1.99. The van der Waals surface area contributed by atoms with Crippen LogP contribution in [0.25, 0.3) is 0 Å². The molecule has 0 heterocycles. The molecule has 20 heavy (non-hydrogen) atoms. The summed E-state index contributed by atoms with van der Waals surface area (Å²) in [5, 5.41) is 0. The van der Waals surface area contributed by atoms with Crippen LogP contribution in [0.5, 0.6) is 0 Å². The van der Waals surface area contributed by atoms with E-state index in [1.165, 1.54) is 35.5 Å². The van der Waals surface area contributed by atoms with Gasteiger partial charge in [-0.15, -0.1) is 0 Å². The molecule has 0 unspecified atom stereocenters. The van der Waals surface area contributed by atoms with E-state index in [2.05, 4.69) is 62.4 Å². The van der Waals surface area contributed by atoms with Crippen LogP contribution in [-0.4, -0.2) is 0 Å². The van der Waals surface area contributed by atoms with Gasteiger partial charge in [-0.3, -0.25) is 0 Å². The van der Waals surface area contributed by atoms with Gasteiger partial charge in [0.15, 0.2) is 0 Å². The minimum absolute atomic E-state index is 1.29. The fourth-order valence-corrected chi connectivity index (χ4v) is 3.52. The van der Waals surface area contributed by atoms with E-state index in [0.29, 0.717) is 0 Å². The highest BCUT2D eigenvalue weighted by Crippen LogP contribution is 2.36. The molecule has 2 heteroatoms. The lowest BCUT2D eigenvalue weighted by Crippen LogP contribution is -1.67. The summed E-state index contributed by atoms with van der Waals surface area (Å²) in [5.41, 5.74) is 0. The fourth-order valence-electron chi connectivity index (χ4n) is 1.55. The van der Waals surface area contributed by atoms with Crippen LogP contribution in [0.4, 0.5) is 0 Å². The molecule has 0 N–H and O–H groups in total. The van der Waals surface area contributed by atoms with Gasteiger partial charge in [-0.2, -0.15) is 0 Å². The highest BCUT2D eigenvalue weighted by molar-refractivity contribution is 8.76. The van der Waals surface area contributed by atoms with E-state index in [4.69, 9.17) is 0 Å². The van der Waals surface area contributed by atoms with Gasteiger partial charge in [0.2, 0.25) is 0 Å². The molecule has 0 atom stereocenters. The van der Waals surface area contributed by atoms with Gasteiger partial charge in [0.25, 0.3) is 0 Å². The molecule has 0 aliphatic carbocycles. The van der Waals surface area contributed by atoms with Gasteiger partial charge in [-0.1, -0.05) is 97.5 Å². The molecule has 0 spiro atoms. The molecule has 0 nitrogen and oxygen atoms in total. The second-order valence-corrected chi connectivity index (χ2v) is 6.78. The number of hydrogen-bond donors (Lipinski definition) is 0. The Morgan fingerprint density at radius 2 is 0.950 bits per heavy atom. The SMILES string of the molecule is CCCCCC.c1ccc(SSc2ccccc2)cc1. The van der Waals surface area contributed by atoms with Crippen molar-refractivity contribution in [1.29, 1.82) is 0 Å². The zero-order valence-electron chi connectivity index (χ0n) is 12.4. The predicted octanol–water partition coefficient (Wildman–Crippen LogP) is 7.07. The van der Waals surface area contributed by atoms with Gasteiger partial charge >= 0.3 is 0 Å². The average molecular weight is 305 g/mol. The Morgan fingerprint density at radius 3 is 1.25 bits per heavy atom. The Balaban J connectivity index is 0.000000286. The molecular formula is C18H24S2. The van der Waals surface area contributed by atoms with E-state index in [9.17, 15) is 0 Å². The largest absolute Gasteiger partial charge is 0.0654 e. The normalized spacial score (nSPS) is 9.70. The lowest BCUT2D eigenvalue weighted by atomic mass is 10.2. The molecule has 2 aromatic carbocycles. The summed E-state index contributed by atoms with van der Waals surface area (Å²) in [6, 6.07) is 20.8. The molecule has 0 saturated carbocycles. The molecule has 0 bridgehead atoms. The van der Waals surface area contributed by atoms with Gasteiger partial charge in [0.05, 0.1) is 0 Å². The van der Waals surface area contributed by atoms with Crippen molar-refractivity contribution in [3.05, 3.63) is 60.7 Å². The Hall–Kier alpha value is -0.860. The number of unbranched alkanes of at least 4 members (excludes halogenated alkanes) is 3. The van der Waals surface area contributed by atoms with Crippen molar-refractivity contribution in [2.45, 2.75) is 49.3 Å². The topological polar surface area (TPSA) is 0 Å². The van der Waals surface area contributed by atoms with E-state index in [1.807, 2.05) is 12.1 Å². The monoisotopic (exact) mass is 304 g/mol. The highest BCUT2D eigenvalue weighted by Gasteiger charge is 1.94. The Kier molecular flexibility index (Phi) is 10.3. The number of rotatable bonds is 6. The van der Waals surface area contributed by atoms with Gasteiger partial charge in [-0.05, 0) is 24.3 Å². The van der Waals surface area contributed by atoms with Crippen LogP contribution in [0.3, 0.4) is 0 Å². The summed E-state index contributed by atoms with van der Waals surface area (Å²) >= 11 is 0. The standard InChI is InChI=1S/C12H10S2.C6H14/c1-3-7-11(8-4-1)13-14-12-9-5-2-6-10-12;1-3-5-6-4-2/h1-10H;3-6H2,1-2H3. The van der Waals surface area contributed by atoms with E-state index >= 15 is 0 Å². The first-order valence-corrected chi connectivity index (χ1v) is 9.46. The van der Waals surface area contributed by atoms with Gasteiger partial charge in [0, 0.05) is 9.79 Å². The number of benzene rings is 2. The van der Waals surface area contributed by atoms with Crippen LogP contribution in [0.1, 0.15) is 39.5 Å². The van der Waals surface area contributed by atoms with Crippen molar-refractivity contribution in [3.63, 3.8) is 0 Å². The van der Waals surface area contributed by atoms with E-state index in [1.54, 1.807) is 21.6 Å². The molecule has 2 aromatic rings. The van der Waals surface area contributed by atoms with Crippen LogP contribution in [-0.2, 0) is 0 Å². The third-order valence-electron chi connectivity index (χ3n) is 2.68. The van der Waals surface area contributed by atoms with E-state index in [-0.39, 0.29) is 0 Å². The minimum Gasteiger partial charge on any atom is -0.0654 e. The molecule has 0 aliphatic rings. The van der Waals surface area contributed by atoms with Crippen LogP contribution >= 0.6 is 21.6 Å². The van der Waals surface area contributed by atoms with Gasteiger partial charge < -0.3 is 0 Å². The second-order valence-electron chi connectivity index (χ2n) is 4.50. The summed E-state index contributed by atoms with van der Waals surface area (Å²) in [7, 11) is 3.58. The third kappa shape index (κ3) is 8.34. The number of hydrogen-bond acceptors (Lipinski definition) is 2. The van der Waals surface area contributed by atoms with Crippen LogP contribution in [0.15, 0.2) is 70.5 Å². The Morgan fingerprint density at radius 1 is 0.600 bits per heavy atom. The third-order valence-corrected chi connectivity index (χ3v) is 5.09. The van der Waals surface area contributed by atoms with Crippen LogP contribution in [0.2, 0.25) is 0 Å². The van der Waals surface area contributed by atoms with Gasteiger partial charge in [0.1, 0.15) is 0 Å². The zero-order chi connectivity index (χ0) is 14.5. The summed E-state index contributed by atoms with van der Waals surface area (Å²) < 4.78 is 0. The summed E-state index contributed by atoms with van der Waals surface area (Å²) in [6.45, 7) is 4.46. The molecule has 108 valence electrons. The molecule has 0 radical (unpaired) electrons. The molecule has 0 saturated heterocycles. The molecule has 2 rings (SSSR count). The Labute approximate surface area is 131 Å². The summed E-state index contributed by atoms with van der Waals surface area (Å²) in [4.78, 5) is 2.59. The molecule has 0 aliphatic heterocycles. The minimum atomic E-state index is 1.29. The molecule has 0 amide bonds. The molecule has 0 aromatic heterocycles. The van der Waals surface area contributed by atoms with Crippen molar-refractivity contribution in [3.8, 4) is 0 Å². The van der Waals surface area contributed by atoms with Gasteiger partial charge in [-0.25, -0.2) is 0 Å². The van der Waals surface area contributed by atoms with E-state index < -0.39 is 0 Å². The fraction of sp³-hybridized carbons (Fsp3) is 0.333. The Bertz CT molecular complexity index is 382. The van der Waals surface area contributed by atoms with Crippen molar-refractivity contribution in [1.82, 2.24) is 0 Å². The quantitative estimate of drug-likeness (QED) is 0.413. The second kappa shape index (κ2) is 11.9. The first kappa shape index (κ1) is 17.2. The maximum atomic E-state index is 2.23. The average Bonchev–Trinajstić information content (AvgIpc) is 2.53. The van der Waals surface area contributed by atoms with Crippen molar-refractivity contribution < 1.29 is 0 Å². The van der Waals surface area contributed by atoms with E-state index in [0.717, 1.165) is 0 Å². The first-order valence-electron chi connectivity index (χ1n) is 7.31. The summed E-state index contributed by atoms with van der Waals surface area (Å²) in [6.07, 6.45) is 5.54. The first-order chi connectivity index (χ1) is 9.86. The van der Waals surface area contributed by atoms with Crippen molar-refractivity contribution >= 4 is 21.6 Å². The predicted molar refractivity (Wildman–Crippen MR) is 94.4 cm³/mol. The van der Waals surface area contributed by atoms with Crippen molar-refractivity contribution in [2.24, 2.45) is 0 Å². The maximum Gasteiger partial charge on any atom is 0.0186 e. The highest BCUT2D eigenvalue weighted by atomic mass is 33.1. The summed E-state index contributed by atoms with van der Waals surface area (Å²) in [5.74, 6) is 0. The molecular weight excluding hydrogens is 280 g/mol. The smallest absolute Gasteiger partial charge is 0.0186 e.